The van der Waals surface area contributed by atoms with Gasteiger partial charge in [-0.2, -0.15) is 0 Å². The van der Waals surface area contributed by atoms with Crippen molar-refractivity contribution in [1.82, 2.24) is 9.88 Å². The van der Waals surface area contributed by atoms with Gasteiger partial charge in [-0.25, -0.2) is 9.78 Å². The van der Waals surface area contributed by atoms with Crippen LogP contribution in [0.15, 0.2) is 30.3 Å². The summed E-state index contributed by atoms with van der Waals surface area (Å²) in [5.41, 5.74) is 1.94. The molecule has 19 heavy (non-hydrogen) atoms. The van der Waals surface area contributed by atoms with E-state index in [2.05, 4.69) is 16.4 Å². The number of hydrogen-bond acceptors (Lipinski definition) is 4. The second kappa shape index (κ2) is 4.76. The summed E-state index contributed by atoms with van der Waals surface area (Å²) in [5.74, 6) is 0.804. The molecule has 1 saturated heterocycles. The number of amides is 1. The van der Waals surface area contributed by atoms with E-state index in [0.717, 1.165) is 22.3 Å². The van der Waals surface area contributed by atoms with Gasteiger partial charge >= 0.3 is 6.09 Å². The third-order valence-corrected chi connectivity index (χ3v) is 3.25. The van der Waals surface area contributed by atoms with Crippen molar-refractivity contribution in [1.29, 1.82) is 0 Å². The molecule has 2 aromatic rings. The quantitative estimate of drug-likeness (QED) is 0.916. The van der Waals surface area contributed by atoms with Gasteiger partial charge in [-0.1, -0.05) is 18.2 Å². The molecule has 0 atom stereocenters. The number of rotatable bonds is 3. The summed E-state index contributed by atoms with van der Waals surface area (Å²) in [6.07, 6.45) is -0.254. The molecule has 1 N–H and O–H groups in total. The minimum Gasteiger partial charge on any atom is -0.448 e. The van der Waals surface area contributed by atoms with Crippen LogP contribution >= 0.6 is 0 Å². The number of carbonyl (C=O) groups excluding carboxylic acids is 1. The average molecular weight is 257 g/mol. The van der Waals surface area contributed by atoms with Crippen LogP contribution in [0.3, 0.4) is 0 Å². The molecule has 5 nitrogen and oxygen atoms in total. The number of pyridine rings is 1. The first-order valence-electron chi connectivity index (χ1n) is 6.26. The van der Waals surface area contributed by atoms with Crippen LogP contribution in [-0.4, -0.2) is 36.2 Å². The van der Waals surface area contributed by atoms with Crippen molar-refractivity contribution in [3.05, 3.63) is 35.9 Å². The van der Waals surface area contributed by atoms with Crippen molar-refractivity contribution in [3.63, 3.8) is 0 Å². The first kappa shape index (κ1) is 11.8. The summed E-state index contributed by atoms with van der Waals surface area (Å²) in [7, 11) is 1.84. The molecular formula is C14H15N3O2. The van der Waals surface area contributed by atoms with Crippen molar-refractivity contribution in [2.24, 2.45) is 0 Å². The Kier molecular flexibility index (Phi) is 2.95. The van der Waals surface area contributed by atoms with Crippen LogP contribution in [0, 0.1) is 0 Å². The Balaban J connectivity index is 1.99. The lowest BCUT2D eigenvalue weighted by Crippen LogP contribution is -2.24. The number of benzene rings is 1. The van der Waals surface area contributed by atoms with Gasteiger partial charge in [0.1, 0.15) is 12.4 Å². The molecule has 1 aliphatic rings. The molecule has 1 aromatic heterocycles. The van der Waals surface area contributed by atoms with Crippen LogP contribution in [0.1, 0.15) is 5.56 Å². The van der Waals surface area contributed by atoms with Crippen LogP contribution in [0.2, 0.25) is 0 Å². The number of ether oxygens (including phenoxy) is 1. The van der Waals surface area contributed by atoms with Crippen LogP contribution in [0.5, 0.6) is 0 Å². The fraction of sp³-hybridized carbons (Fsp3) is 0.286. The number of para-hydroxylation sites is 1. The smallest absolute Gasteiger partial charge is 0.410 e. The molecule has 1 fully saturated rings. The van der Waals surface area contributed by atoms with Gasteiger partial charge in [0.25, 0.3) is 0 Å². The normalized spacial score (nSPS) is 14.8. The van der Waals surface area contributed by atoms with E-state index in [4.69, 9.17) is 4.74 Å². The van der Waals surface area contributed by atoms with E-state index in [9.17, 15) is 4.79 Å². The van der Waals surface area contributed by atoms with Gasteiger partial charge < -0.3 is 15.0 Å². The zero-order chi connectivity index (χ0) is 13.2. The van der Waals surface area contributed by atoms with Crippen molar-refractivity contribution >= 4 is 22.8 Å². The number of nitrogens with zero attached hydrogens (tertiary/aromatic N) is 2. The minimum atomic E-state index is -0.254. The summed E-state index contributed by atoms with van der Waals surface area (Å²) in [5, 5.41) is 4.16. The van der Waals surface area contributed by atoms with Crippen LogP contribution in [0.4, 0.5) is 10.6 Å². The zero-order valence-corrected chi connectivity index (χ0v) is 10.7. The van der Waals surface area contributed by atoms with Gasteiger partial charge in [0.15, 0.2) is 0 Å². The Morgan fingerprint density at radius 2 is 2.26 bits per heavy atom. The molecule has 1 aromatic carbocycles. The fourth-order valence-electron chi connectivity index (χ4n) is 2.27. The topological polar surface area (TPSA) is 54.5 Å². The Labute approximate surface area is 111 Å². The monoisotopic (exact) mass is 257 g/mol. The second-order valence-corrected chi connectivity index (χ2v) is 4.47. The predicted molar refractivity (Wildman–Crippen MR) is 73.0 cm³/mol. The first-order chi connectivity index (χ1) is 9.28. The molecule has 0 saturated carbocycles. The average Bonchev–Trinajstić information content (AvgIpc) is 2.83. The maximum Gasteiger partial charge on any atom is 0.410 e. The molecule has 0 bridgehead atoms. The third-order valence-electron chi connectivity index (χ3n) is 3.25. The summed E-state index contributed by atoms with van der Waals surface area (Å²) in [4.78, 5) is 17.8. The van der Waals surface area contributed by atoms with Gasteiger partial charge in [-0.3, -0.25) is 0 Å². The highest BCUT2D eigenvalue weighted by Gasteiger charge is 2.23. The molecule has 3 rings (SSSR count). The van der Waals surface area contributed by atoms with Crippen molar-refractivity contribution in [2.45, 2.75) is 6.54 Å². The minimum absolute atomic E-state index is 0.254. The summed E-state index contributed by atoms with van der Waals surface area (Å²) < 4.78 is 4.94. The van der Waals surface area contributed by atoms with Crippen LogP contribution < -0.4 is 5.32 Å². The van der Waals surface area contributed by atoms with E-state index in [1.807, 2.05) is 31.3 Å². The van der Waals surface area contributed by atoms with Gasteiger partial charge in [0, 0.05) is 18.0 Å². The maximum atomic E-state index is 11.5. The van der Waals surface area contributed by atoms with Crippen molar-refractivity contribution < 1.29 is 9.53 Å². The summed E-state index contributed by atoms with van der Waals surface area (Å²) >= 11 is 0. The van der Waals surface area contributed by atoms with E-state index in [0.29, 0.717) is 19.7 Å². The van der Waals surface area contributed by atoms with Gasteiger partial charge in [0.2, 0.25) is 0 Å². The lowest BCUT2D eigenvalue weighted by molar-refractivity contribution is 0.157. The lowest BCUT2D eigenvalue weighted by Gasteiger charge is -2.15. The maximum absolute atomic E-state index is 11.5. The van der Waals surface area contributed by atoms with Gasteiger partial charge in [-0.05, 0) is 12.1 Å². The standard InChI is InChI=1S/C14H15N3O2/c1-15-13-11(9-17-6-7-19-14(17)18)8-10-4-2-3-5-12(10)16-13/h2-5,8H,6-7,9H2,1H3,(H,15,16). The summed E-state index contributed by atoms with van der Waals surface area (Å²) in [6, 6.07) is 10.0. The number of hydrogen-bond donors (Lipinski definition) is 1. The molecule has 0 aliphatic carbocycles. The first-order valence-corrected chi connectivity index (χ1v) is 6.26. The molecule has 5 heteroatoms. The number of cyclic esters (lactones) is 1. The highest BCUT2D eigenvalue weighted by Crippen LogP contribution is 2.22. The predicted octanol–water partition coefficient (Wildman–Crippen LogP) is 2.23. The Morgan fingerprint density at radius 3 is 3.00 bits per heavy atom. The number of aromatic nitrogens is 1. The molecule has 2 heterocycles. The molecule has 1 amide bonds. The van der Waals surface area contributed by atoms with E-state index >= 15 is 0 Å². The molecule has 1 aliphatic heterocycles. The van der Waals surface area contributed by atoms with E-state index in [1.54, 1.807) is 4.90 Å². The van der Waals surface area contributed by atoms with Crippen molar-refractivity contribution in [3.8, 4) is 0 Å². The molecule has 0 unspecified atom stereocenters. The van der Waals surface area contributed by atoms with E-state index in [-0.39, 0.29) is 6.09 Å². The zero-order valence-electron chi connectivity index (χ0n) is 10.7. The Bertz CT molecular complexity index is 627. The van der Waals surface area contributed by atoms with Crippen LogP contribution in [-0.2, 0) is 11.3 Å². The fourth-order valence-corrected chi connectivity index (χ4v) is 2.27. The molecular weight excluding hydrogens is 242 g/mol. The summed E-state index contributed by atoms with van der Waals surface area (Å²) in [6.45, 7) is 1.62. The SMILES string of the molecule is CNc1nc2ccccc2cc1CN1CCOC1=O. The number of fused-ring (bicyclic) bond motifs is 1. The third kappa shape index (κ3) is 2.19. The molecule has 0 radical (unpaired) electrons. The largest absolute Gasteiger partial charge is 0.448 e. The number of nitrogens with one attached hydrogen (secondary N) is 1. The van der Waals surface area contributed by atoms with Crippen molar-refractivity contribution in [2.75, 3.05) is 25.5 Å². The van der Waals surface area contributed by atoms with E-state index < -0.39 is 0 Å². The Hall–Kier alpha value is -2.30. The molecule has 0 spiro atoms. The Morgan fingerprint density at radius 1 is 1.42 bits per heavy atom. The lowest BCUT2D eigenvalue weighted by atomic mass is 10.1. The highest BCUT2D eigenvalue weighted by molar-refractivity contribution is 5.82. The van der Waals surface area contributed by atoms with E-state index in [1.165, 1.54) is 0 Å². The number of anilines is 1. The van der Waals surface area contributed by atoms with Gasteiger partial charge in [-0.15, -0.1) is 0 Å². The molecule has 98 valence electrons. The van der Waals surface area contributed by atoms with Gasteiger partial charge in [0.05, 0.1) is 18.6 Å². The van der Waals surface area contributed by atoms with Crippen LogP contribution in [0.25, 0.3) is 10.9 Å². The highest BCUT2D eigenvalue weighted by atomic mass is 16.6. The number of carbonyl (C=O) groups is 1. The second-order valence-electron chi connectivity index (χ2n) is 4.47.